The van der Waals surface area contributed by atoms with Crippen molar-refractivity contribution in [3.63, 3.8) is 0 Å². The second kappa shape index (κ2) is 13.8. The van der Waals surface area contributed by atoms with Crippen LogP contribution in [0.1, 0.15) is 21.8 Å². The Balaban J connectivity index is 1.21. The molecule has 0 aliphatic carbocycles. The number of anilines is 1. The van der Waals surface area contributed by atoms with Gasteiger partial charge in [-0.25, -0.2) is 29.3 Å². The number of thiazole rings is 1. The van der Waals surface area contributed by atoms with Crippen LogP contribution in [0.5, 0.6) is 23.0 Å². The number of hydrogen-bond donors (Lipinski definition) is 0. The Morgan fingerprint density at radius 2 is 1.54 bits per heavy atom. The zero-order valence-electron chi connectivity index (χ0n) is 28.1. The predicted octanol–water partition coefficient (Wildman–Crippen LogP) is 4.06. The lowest BCUT2D eigenvalue weighted by Crippen LogP contribution is -2.27. The largest absolute Gasteiger partial charge is 0.497 e. The standard InChI is InChI=1S/C34H34N10O5S/c1-41-30-26(31-32(41)40-29(50-31)18-43-20-35-19-38-43)14-37-44(33(30)45)17-23-10-11-36-34(39-23)42(15-21-6-8-24(46-2)12-27(21)48-4)16-22-7-9-25(47-3)13-28(22)49-5/h6-14,19-20H,15-18H2,1-5H3. The van der Waals surface area contributed by atoms with Crippen LogP contribution < -0.4 is 29.4 Å². The Bertz CT molecular complexity index is 2290. The molecular formula is C34H34N10O5S. The van der Waals surface area contributed by atoms with Crippen LogP contribution in [0.25, 0.3) is 21.3 Å². The van der Waals surface area contributed by atoms with Gasteiger partial charge in [0.05, 0.1) is 58.1 Å². The summed E-state index contributed by atoms with van der Waals surface area (Å²) in [4.78, 5) is 34.2. The molecule has 0 bridgehead atoms. The van der Waals surface area contributed by atoms with E-state index in [9.17, 15) is 4.79 Å². The van der Waals surface area contributed by atoms with Crippen molar-refractivity contribution in [3.05, 3.63) is 99.7 Å². The smallest absolute Gasteiger partial charge is 0.291 e. The molecule has 0 fully saturated rings. The Hall–Kier alpha value is -6.03. The van der Waals surface area contributed by atoms with Gasteiger partial charge in [0, 0.05) is 55.0 Å². The van der Waals surface area contributed by atoms with Gasteiger partial charge >= 0.3 is 0 Å². The van der Waals surface area contributed by atoms with E-state index in [-0.39, 0.29) is 12.1 Å². The van der Waals surface area contributed by atoms with Gasteiger partial charge in [0.2, 0.25) is 5.95 Å². The predicted molar refractivity (Wildman–Crippen MR) is 187 cm³/mol. The average molecular weight is 695 g/mol. The minimum atomic E-state index is -0.240. The highest BCUT2D eigenvalue weighted by Gasteiger charge is 2.21. The summed E-state index contributed by atoms with van der Waals surface area (Å²) in [6.45, 7) is 1.44. The molecule has 0 aliphatic heterocycles. The van der Waals surface area contributed by atoms with E-state index in [2.05, 4.69) is 20.2 Å². The van der Waals surface area contributed by atoms with E-state index in [1.54, 1.807) is 57.9 Å². The lowest BCUT2D eigenvalue weighted by atomic mass is 10.1. The van der Waals surface area contributed by atoms with E-state index in [1.807, 2.05) is 52.9 Å². The van der Waals surface area contributed by atoms with Gasteiger partial charge in [-0.05, 0) is 30.3 Å². The first-order chi connectivity index (χ1) is 24.4. The van der Waals surface area contributed by atoms with Gasteiger partial charge in [0.25, 0.3) is 5.56 Å². The number of benzene rings is 2. The van der Waals surface area contributed by atoms with Crippen molar-refractivity contribution < 1.29 is 18.9 Å². The Morgan fingerprint density at radius 1 is 0.840 bits per heavy atom. The van der Waals surface area contributed by atoms with E-state index >= 15 is 0 Å². The molecular weight excluding hydrogens is 661 g/mol. The highest BCUT2D eigenvalue weighted by atomic mass is 32.1. The molecule has 16 heteroatoms. The van der Waals surface area contributed by atoms with Crippen LogP contribution in [0, 0.1) is 0 Å². The first-order valence-corrected chi connectivity index (χ1v) is 16.4. The van der Waals surface area contributed by atoms with Crippen LogP contribution in [0.15, 0.2) is 72.3 Å². The maximum absolute atomic E-state index is 13.8. The third-order valence-electron chi connectivity index (χ3n) is 8.34. The van der Waals surface area contributed by atoms with Crippen LogP contribution in [0.4, 0.5) is 5.95 Å². The van der Waals surface area contributed by atoms with E-state index in [0.29, 0.717) is 59.8 Å². The average Bonchev–Trinajstić information content (AvgIpc) is 3.87. The molecule has 0 saturated heterocycles. The number of ether oxygens (including phenoxy) is 4. The number of aryl methyl sites for hydroxylation is 1. The maximum Gasteiger partial charge on any atom is 0.291 e. The molecule has 0 radical (unpaired) electrons. The lowest BCUT2D eigenvalue weighted by Gasteiger charge is -2.25. The molecule has 256 valence electrons. The van der Waals surface area contributed by atoms with Gasteiger partial charge in [-0.3, -0.25) is 4.79 Å². The quantitative estimate of drug-likeness (QED) is 0.171. The fourth-order valence-corrected chi connectivity index (χ4v) is 6.92. The summed E-state index contributed by atoms with van der Waals surface area (Å²) in [5, 5.41) is 10.3. The monoisotopic (exact) mass is 694 g/mol. The Labute approximate surface area is 290 Å². The molecule has 0 unspecified atom stereocenters. The molecule has 0 atom stereocenters. The lowest BCUT2D eigenvalue weighted by molar-refractivity contribution is 0.389. The molecule has 2 aromatic carbocycles. The third kappa shape index (κ3) is 6.27. The second-order valence-corrected chi connectivity index (χ2v) is 12.4. The summed E-state index contributed by atoms with van der Waals surface area (Å²) in [6, 6.07) is 13.1. The minimum absolute atomic E-state index is 0.139. The minimum Gasteiger partial charge on any atom is -0.497 e. The van der Waals surface area contributed by atoms with E-state index in [0.717, 1.165) is 31.9 Å². The third-order valence-corrected chi connectivity index (χ3v) is 9.40. The molecule has 5 heterocycles. The van der Waals surface area contributed by atoms with Crippen LogP contribution in [0.3, 0.4) is 0 Å². The number of aromatic nitrogens is 9. The number of nitrogens with zero attached hydrogens (tertiary/aromatic N) is 10. The van der Waals surface area contributed by atoms with Gasteiger partial charge in [-0.2, -0.15) is 10.2 Å². The summed E-state index contributed by atoms with van der Waals surface area (Å²) in [7, 11) is 8.32. The molecule has 0 amide bonds. The summed E-state index contributed by atoms with van der Waals surface area (Å²) >= 11 is 1.51. The van der Waals surface area contributed by atoms with Crippen LogP contribution in [-0.2, 0) is 33.2 Å². The summed E-state index contributed by atoms with van der Waals surface area (Å²) < 4.78 is 28.1. The van der Waals surface area contributed by atoms with Crippen molar-refractivity contribution in [2.45, 2.75) is 26.2 Å². The van der Waals surface area contributed by atoms with Crippen molar-refractivity contribution in [2.75, 3.05) is 33.3 Å². The van der Waals surface area contributed by atoms with Crippen LogP contribution in [0.2, 0.25) is 0 Å². The Morgan fingerprint density at radius 3 is 2.16 bits per heavy atom. The fraction of sp³-hybridized carbons (Fsp3) is 0.265. The van der Waals surface area contributed by atoms with Crippen molar-refractivity contribution >= 4 is 38.5 Å². The van der Waals surface area contributed by atoms with Gasteiger partial charge in [-0.15, -0.1) is 11.3 Å². The van der Waals surface area contributed by atoms with E-state index in [1.165, 1.54) is 22.3 Å². The maximum atomic E-state index is 13.8. The molecule has 5 aromatic heterocycles. The Kier molecular flexibility index (Phi) is 9.00. The van der Waals surface area contributed by atoms with E-state index in [4.69, 9.17) is 28.9 Å². The number of fused-ring (bicyclic) bond motifs is 3. The SMILES string of the molecule is COc1ccc(CN(Cc2ccc(OC)cc2OC)c2nccc(Cn3ncc4c5sc(Cn6cncn6)nc5n(C)c4c3=O)n2)c(OC)c1. The number of hydrogen-bond acceptors (Lipinski definition) is 13. The fourth-order valence-electron chi connectivity index (χ4n) is 5.82. The first-order valence-electron chi connectivity index (χ1n) is 15.5. The summed E-state index contributed by atoms with van der Waals surface area (Å²) in [5.41, 5.74) is 3.42. The molecule has 0 spiro atoms. The van der Waals surface area contributed by atoms with Crippen molar-refractivity contribution in [1.82, 2.24) is 44.1 Å². The second-order valence-electron chi connectivity index (χ2n) is 11.3. The molecule has 0 aliphatic rings. The van der Waals surface area contributed by atoms with Crippen molar-refractivity contribution in [2.24, 2.45) is 7.05 Å². The molecule has 0 saturated carbocycles. The number of methoxy groups -OCH3 is 4. The van der Waals surface area contributed by atoms with Gasteiger partial charge in [0.15, 0.2) is 5.65 Å². The molecule has 50 heavy (non-hydrogen) atoms. The van der Waals surface area contributed by atoms with E-state index < -0.39 is 0 Å². The highest BCUT2D eigenvalue weighted by molar-refractivity contribution is 7.19. The molecule has 15 nitrogen and oxygen atoms in total. The summed E-state index contributed by atoms with van der Waals surface area (Å²) in [5.74, 6) is 3.15. The summed E-state index contributed by atoms with van der Waals surface area (Å²) in [6.07, 6.45) is 6.54. The zero-order chi connectivity index (χ0) is 34.8. The topological polar surface area (TPSA) is 149 Å². The van der Waals surface area contributed by atoms with Crippen molar-refractivity contribution in [1.29, 1.82) is 0 Å². The van der Waals surface area contributed by atoms with Crippen LogP contribution >= 0.6 is 11.3 Å². The normalized spacial score (nSPS) is 11.3. The molecule has 7 aromatic rings. The van der Waals surface area contributed by atoms with Crippen molar-refractivity contribution in [3.8, 4) is 23.0 Å². The first kappa shape index (κ1) is 32.5. The van der Waals surface area contributed by atoms with Gasteiger partial charge in [0.1, 0.15) is 46.2 Å². The molecule has 7 rings (SSSR count). The van der Waals surface area contributed by atoms with Gasteiger partial charge < -0.3 is 28.4 Å². The van der Waals surface area contributed by atoms with Crippen LogP contribution in [-0.4, -0.2) is 72.5 Å². The zero-order valence-corrected chi connectivity index (χ0v) is 28.9. The van der Waals surface area contributed by atoms with Gasteiger partial charge in [-0.1, -0.05) is 0 Å². The highest BCUT2D eigenvalue weighted by Crippen LogP contribution is 2.32. The molecule has 0 N–H and O–H groups in total. The number of rotatable bonds is 13.